The zero-order valence-corrected chi connectivity index (χ0v) is 11.4. The molecular weight excluding hydrogens is 257 g/mol. The Morgan fingerprint density at radius 3 is 2.85 bits per heavy atom. The van der Waals surface area contributed by atoms with Gasteiger partial charge in [0.15, 0.2) is 0 Å². The molecule has 2 aromatic rings. The standard InChI is InChI=1S/C16H18FNO2/c1-20-15-4-2-3-12(9-15)7-8-18-11-13-10-14(17)5-6-16(13)19/h2-6,9-10,18-19H,7-8,11H2,1H3. The number of benzene rings is 2. The molecule has 0 amide bonds. The first-order chi connectivity index (χ1) is 9.69. The van der Waals surface area contributed by atoms with Crippen molar-refractivity contribution in [3.63, 3.8) is 0 Å². The molecule has 0 unspecified atom stereocenters. The van der Waals surface area contributed by atoms with E-state index in [1.807, 2.05) is 24.3 Å². The number of halogens is 1. The fourth-order valence-electron chi connectivity index (χ4n) is 1.98. The molecule has 0 atom stereocenters. The maximum atomic E-state index is 13.1. The van der Waals surface area contributed by atoms with Crippen molar-refractivity contribution in [1.82, 2.24) is 5.32 Å². The Kier molecular flexibility index (Phi) is 4.96. The molecule has 0 aliphatic carbocycles. The number of methoxy groups -OCH3 is 1. The van der Waals surface area contributed by atoms with Crippen molar-refractivity contribution in [3.8, 4) is 11.5 Å². The van der Waals surface area contributed by atoms with Crippen LogP contribution in [0.15, 0.2) is 42.5 Å². The van der Waals surface area contributed by atoms with Crippen molar-refractivity contribution < 1.29 is 14.2 Å². The summed E-state index contributed by atoms with van der Waals surface area (Å²) in [6, 6.07) is 11.8. The lowest BCUT2D eigenvalue weighted by Crippen LogP contribution is -2.16. The molecule has 0 aliphatic heterocycles. The molecule has 0 saturated carbocycles. The maximum absolute atomic E-state index is 13.1. The molecule has 106 valence electrons. The van der Waals surface area contributed by atoms with Gasteiger partial charge in [-0.3, -0.25) is 0 Å². The second-order valence-electron chi connectivity index (χ2n) is 4.55. The van der Waals surface area contributed by atoms with Crippen LogP contribution in [0.4, 0.5) is 4.39 Å². The molecule has 0 fully saturated rings. The lowest BCUT2D eigenvalue weighted by Gasteiger charge is -2.08. The summed E-state index contributed by atoms with van der Waals surface area (Å²) >= 11 is 0. The molecule has 0 bridgehead atoms. The normalized spacial score (nSPS) is 10.5. The third-order valence-corrected chi connectivity index (χ3v) is 3.08. The van der Waals surface area contributed by atoms with Crippen LogP contribution >= 0.6 is 0 Å². The number of ether oxygens (including phenoxy) is 1. The molecule has 2 rings (SSSR count). The van der Waals surface area contributed by atoms with Gasteiger partial charge >= 0.3 is 0 Å². The highest BCUT2D eigenvalue weighted by molar-refractivity contribution is 5.32. The molecule has 0 spiro atoms. The van der Waals surface area contributed by atoms with Crippen LogP contribution in [0.2, 0.25) is 0 Å². The summed E-state index contributed by atoms with van der Waals surface area (Å²) in [7, 11) is 1.64. The molecule has 2 aromatic carbocycles. The van der Waals surface area contributed by atoms with Crippen molar-refractivity contribution >= 4 is 0 Å². The lowest BCUT2D eigenvalue weighted by molar-refractivity contribution is 0.414. The average Bonchev–Trinajstić information content (AvgIpc) is 2.47. The van der Waals surface area contributed by atoms with E-state index in [0.717, 1.165) is 18.7 Å². The number of hydrogen-bond donors (Lipinski definition) is 2. The van der Waals surface area contributed by atoms with Gasteiger partial charge in [0.2, 0.25) is 0 Å². The zero-order chi connectivity index (χ0) is 14.4. The van der Waals surface area contributed by atoms with Gasteiger partial charge in [0, 0.05) is 12.1 Å². The van der Waals surface area contributed by atoms with Crippen molar-refractivity contribution in [3.05, 3.63) is 59.4 Å². The number of aromatic hydroxyl groups is 1. The number of phenols is 1. The Balaban J connectivity index is 1.82. The maximum Gasteiger partial charge on any atom is 0.123 e. The van der Waals surface area contributed by atoms with Crippen LogP contribution in [0.1, 0.15) is 11.1 Å². The average molecular weight is 275 g/mol. The molecule has 0 aliphatic rings. The first kappa shape index (κ1) is 14.3. The minimum absolute atomic E-state index is 0.111. The highest BCUT2D eigenvalue weighted by Gasteiger charge is 2.02. The highest BCUT2D eigenvalue weighted by Crippen LogP contribution is 2.17. The van der Waals surface area contributed by atoms with Gasteiger partial charge in [0.05, 0.1) is 7.11 Å². The highest BCUT2D eigenvalue weighted by atomic mass is 19.1. The topological polar surface area (TPSA) is 41.5 Å². The van der Waals surface area contributed by atoms with Crippen LogP contribution in [0.5, 0.6) is 11.5 Å². The van der Waals surface area contributed by atoms with E-state index in [0.29, 0.717) is 12.1 Å². The van der Waals surface area contributed by atoms with Crippen molar-refractivity contribution in [2.75, 3.05) is 13.7 Å². The SMILES string of the molecule is COc1cccc(CCNCc2cc(F)ccc2O)c1. The summed E-state index contributed by atoms with van der Waals surface area (Å²) in [4.78, 5) is 0. The molecule has 3 nitrogen and oxygen atoms in total. The molecule has 0 aromatic heterocycles. The Morgan fingerprint density at radius 1 is 1.20 bits per heavy atom. The van der Waals surface area contributed by atoms with Gasteiger partial charge in [0.1, 0.15) is 17.3 Å². The minimum Gasteiger partial charge on any atom is -0.508 e. The van der Waals surface area contributed by atoms with Crippen LogP contribution in [-0.2, 0) is 13.0 Å². The monoisotopic (exact) mass is 275 g/mol. The number of rotatable bonds is 6. The van der Waals surface area contributed by atoms with Crippen LogP contribution in [0.3, 0.4) is 0 Å². The Morgan fingerprint density at radius 2 is 2.05 bits per heavy atom. The summed E-state index contributed by atoms with van der Waals surface area (Å²) in [5.74, 6) is 0.609. The van der Waals surface area contributed by atoms with E-state index in [1.165, 1.54) is 23.8 Å². The smallest absolute Gasteiger partial charge is 0.123 e. The summed E-state index contributed by atoms with van der Waals surface area (Å²) < 4.78 is 18.2. The summed E-state index contributed by atoms with van der Waals surface area (Å²) in [5.41, 5.74) is 1.73. The fraction of sp³-hybridized carbons (Fsp3) is 0.250. The van der Waals surface area contributed by atoms with E-state index in [2.05, 4.69) is 5.32 Å². The first-order valence-electron chi connectivity index (χ1n) is 6.50. The van der Waals surface area contributed by atoms with Gasteiger partial charge in [-0.05, 0) is 48.9 Å². The molecular formula is C16H18FNO2. The lowest BCUT2D eigenvalue weighted by atomic mass is 10.1. The molecule has 0 heterocycles. The predicted molar refractivity (Wildman–Crippen MR) is 76.5 cm³/mol. The molecule has 4 heteroatoms. The van der Waals surface area contributed by atoms with E-state index < -0.39 is 0 Å². The van der Waals surface area contributed by atoms with Gasteiger partial charge in [-0.15, -0.1) is 0 Å². The Labute approximate surface area is 118 Å². The second kappa shape index (κ2) is 6.91. The molecule has 20 heavy (non-hydrogen) atoms. The Bertz CT molecular complexity index is 572. The van der Waals surface area contributed by atoms with Gasteiger partial charge in [0.25, 0.3) is 0 Å². The summed E-state index contributed by atoms with van der Waals surface area (Å²) in [5, 5.41) is 12.8. The third kappa shape index (κ3) is 3.96. The quantitative estimate of drug-likeness (QED) is 0.797. The van der Waals surface area contributed by atoms with E-state index in [1.54, 1.807) is 7.11 Å². The second-order valence-corrected chi connectivity index (χ2v) is 4.55. The van der Waals surface area contributed by atoms with Gasteiger partial charge in [-0.1, -0.05) is 12.1 Å². The minimum atomic E-state index is -0.340. The van der Waals surface area contributed by atoms with Crippen LogP contribution in [0, 0.1) is 5.82 Å². The summed E-state index contributed by atoms with van der Waals surface area (Å²) in [6.07, 6.45) is 0.841. The number of phenolic OH excluding ortho intramolecular Hbond substituents is 1. The Hall–Kier alpha value is -2.07. The van der Waals surface area contributed by atoms with Crippen molar-refractivity contribution in [2.45, 2.75) is 13.0 Å². The van der Waals surface area contributed by atoms with E-state index >= 15 is 0 Å². The fourth-order valence-corrected chi connectivity index (χ4v) is 1.98. The largest absolute Gasteiger partial charge is 0.508 e. The first-order valence-corrected chi connectivity index (χ1v) is 6.50. The van der Waals surface area contributed by atoms with Crippen molar-refractivity contribution in [2.24, 2.45) is 0 Å². The number of hydrogen-bond acceptors (Lipinski definition) is 3. The molecule has 2 N–H and O–H groups in total. The van der Waals surface area contributed by atoms with E-state index in [-0.39, 0.29) is 11.6 Å². The van der Waals surface area contributed by atoms with Crippen LogP contribution in [-0.4, -0.2) is 18.8 Å². The van der Waals surface area contributed by atoms with Gasteiger partial charge < -0.3 is 15.2 Å². The number of nitrogens with one attached hydrogen (secondary N) is 1. The molecule has 0 saturated heterocycles. The van der Waals surface area contributed by atoms with E-state index in [4.69, 9.17) is 4.74 Å². The van der Waals surface area contributed by atoms with E-state index in [9.17, 15) is 9.50 Å². The predicted octanol–water partition coefficient (Wildman–Crippen LogP) is 2.87. The van der Waals surface area contributed by atoms with Gasteiger partial charge in [-0.2, -0.15) is 0 Å². The molecule has 0 radical (unpaired) electrons. The summed E-state index contributed by atoms with van der Waals surface area (Å²) in [6.45, 7) is 1.18. The van der Waals surface area contributed by atoms with Crippen LogP contribution < -0.4 is 10.1 Å². The van der Waals surface area contributed by atoms with Crippen LogP contribution in [0.25, 0.3) is 0 Å². The zero-order valence-electron chi connectivity index (χ0n) is 11.4. The van der Waals surface area contributed by atoms with Crippen molar-refractivity contribution in [1.29, 1.82) is 0 Å². The third-order valence-electron chi connectivity index (χ3n) is 3.08. The van der Waals surface area contributed by atoms with Gasteiger partial charge in [-0.25, -0.2) is 4.39 Å².